The van der Waals surface area contributed by atoms with Gasteiger partial charge in [0.15, 0.2) is 0 Å². The largest absolute Gasteiger partial charge is 0.392 e. The van der Waals surface area contributed by atoms with Crippen molar-refractivity contribution < 1.29 is 5.11 Å². The molecule has 1 aliphatic heterocycles. The van der Waals surface area contributed by atoms with Crippen LogP contribution in [0.4, 0.5) is 0 Å². The zero-order valence-electron chi connectivity index (χ0n) is 10.2. The van der Waals surface area contributed by atoms with Gasteiger partial charge < -0.3 is 10.4 Å². The molecule has 1 heterocycles. The standard InChI is InChI=1S/C13H27NO/c1-2-3-4-5-6-7-10-13(15)12-9-8-11-14-12/h12-15H,2-11H2,1H3/t12?,13-/m0/s1. The van der Waals surface area contributed by atoms with E-state index in [0.717, 1.165) is 19.4 Å². The van der Waals surface area contributed by atoms with Gasteiger partial charge in [-0.1, -0.05) is 45.4 Å². The van der Waals surface area contributed by atoms with E-state index in [9.17, 15) is 5.11 Å². The Balaban J connectivity index is 1.90. The lowest BCUT2D eigenvalue weighted by atomic mass is 10.0. The number of aliphatic hydroxyl groups is 1. The molecule has 15 heavy (non-hydrogen) atoms. The molecule has 1 aliphatic rings. The maximum Gasteiger partial charge on any atom is 0.0693 e. The fraction of sp³-hybridized carbons (Fsp3) is 1.00. The molecule has 0 aromatic carbocycles. The molecule has 1 fully saturated rings. The molecule has 0 aromatic heterocycles. The summed E-state index contributed by atoms with van der Waals surface area (Å²) in [6.07, 6.45) is 11.2. The molecule has 1 rings (SSSR count). The summed E-state index contributed by atoms with van der Waals surface area (Å²) >= 11 is 0. The fourth-order valence-electron chi connectivity index (χ4n) is 2.37. The van der Waals surface area contributed by atoms with Gasteiger partial charge in [-0.3, -0.25) is 0 Å². The summed E-state index contributed by atoms with van der Waals surface area (Å²) in [5, 5.41) is 13.3. The molecule has 0 amide bonds. The van der Waals surface area contributed by atoms with Gasteiger partial charge in [0.05, 0.1) is 6.10 Å². The highest BCUT2D eigenvalue weighted by Gasteiger charge is 2.21. The van der Waals surface area contributed by atoms with Gasteiger partial charge in [-0.25, -0.2) is 0 Å². The Hall–Kier alpha value is -0.0800. The number of nitrogens with one attached hydrogen (secondary N) is 1. The molecule has 2 heteroatoms. The maximum atomic E-state index is 9.89. The molecule has 0 spiro atoms. The first-order valence-electron chi connectivity index (χ1n) is 6.76. The lowest BCUT2D eigenvalue weighted by Crippen LogP contribution is -2.34. The third-order valence-electron chi connectivity index (χ3n) is 3.42. The number of hydrogen-bond acceptors (Lipinski definition) is 2. The predicted octanol–water partition coefficient (Wildman–Crippen LogP) is 2.85. The van der Waals surface area contributed by atoms with Crippen LogP contribution in [0.2, 0.25) is 0 Å². The zero-order valence-corrected chi connectivity index (χ0v) is 10.2. The SMILES string of the molecule is CCCCCCCC[C@H](O)C1CCCN1. The number of hydrogen-bond donors (Lipinski definition) is 2. The van der Waals surface area contributed by atoms with Crippen molar-refractivity contribution in [1.82, 2.24) is 5.32 Å². The summed E-state index contributed by atoms with van der Waals surface area (Å²) in [5.41, 5.74) is 0. The molecule has 0 saturated carbocycles. The molecule has 0 bridgehead atoms. The topological polar surface area (TPSA) is 32.3 Å². The third kappa shape index (κ3) is 5.53. The average molecular weight is 213 g/mol. The quantitative estimate of drug-likeness (QED) is 0.608. The van der Waals surface area contributed by atoms with Crippen LogP contribution < -0.4 is 5.32 Å². The van der Waals surface area contributed by atoms with Crippen LogP contribution in [0.5, 0.6) is 0 Å². The summed E-state index contributed by atoms with van der Waals surface area (Å²) in [5.74, 6) is 0. The van der Waals surface area contributed by atoms with Crippen LogP contribution >= 0.6 is 0 Å². The van der Waals surface area contributed by atoms with Crippen LogP contribution in [0, 0.1) is 0 Å². The minimum atomic E-state index is -0.0984. The molecule has 2 N–H and O–H groups in total. The first-order valence-corrected chi connectivity index (χ1v) is 6.76. The van der Waals surface area contributed by atoms with E-state index in [1.165, 1.54) is 44.9 Å². The molecule has 1 saturated heterocycles. The monoisotopic (exact) mass is 213 g/mol. The molecule has 2 atom stereocenters. The van der Waals surface area contributed by atoms with Crippen molar-refractivity contribution in [3.8, 4) is 0 Å². The summed E-state index contributed by atoms with van der Waals surface area (Å²) < 4.78 is 0. The Morgan fingerprint density at radius 1 is 1.20 bits per heavy atom. The van der Waals surface area contributed by atoms with Crippen molar-refractivity contribution >= 4 is 0 Å². The van der Waals surface area contributed by atoms with Gasteiger partial charge >= 0.3 is 0 Å². The van der Waals surface area contributed by atoms with Gasteiger partial charge in [0.2, 0.25) is 0 Å². The van der Waals surface area contributed by atoms with Crippen LogP contribution in [0.1, 0.15) is 64.7 Å². The van der Waals surface area contributed by atoms with Crippen molar-refractivity contribution in [3.63, 3.8) is 0 Å². The highest BCUT2D eigenvalue weighted by Crippen LogP contribution is 2.15. The first kappa shape index (κ1) is 13.0. The third-order valence-corrected chi connectivity index (χ3v) is 3.42. The van der Waals surface area contributed by atoms with Crippen LogP contribution in [0.25, 0.3) is 0 Å². The van der Waals surface area contributed by atoms with Gasteiger partial charge in [-0.15, -0.1) is 0 Å². The molecule has 2 nitrogen and oxygen atoms in total. The smallest absolute Gasteiger partial charge is 0.0693 e. The Bertz CT molecular complexity index is 143. The van der Waals surface area contributed by atoms with Crippen molar-refractivity contribution in [3.05, 3.63) is 0 Å². The van der Waals surface area contributed by atoms with E-state index in [1.54, 1.807) is 0 Å². The summed E-state index contributed by atoms with van der Waals surface area (Å²) in [6, 6.07) is 0.389. The van der Waals surface area contributed by atoms with Crippen LogP contribution in [-0.2, 0) is 0 Å². The van der Waals surface area contributed by atoms with Gasteiger partial charge in [0.25, 0.3) is 0 Å². The predicted molar refractivity (Wildman–Crippen MR) is 65.0 cm³/mol. The van der Waals surface area contributed by atoms with Gasteiger partial charge in [-0.05, 0) is 25.8 Å². The molecule has 0 radical (unpaired) electrons. The normalized spacial score (nSPS) is 23.2. The van der Waals surface area contributed by atoms with E-state index < -0.39 is 0 Å². The molecule has 1 unspecified atom stereocenters. The van der Waals surface area contributed by atoms with E-state index in [2.05, 4.69) is 12.2 Å². The number of rotatable bonds is 8. The lowest BCUT2D eigenvalue weighted by molar-refractivity contribution is 0.123. The van der Waals surface area contributed by atoms with Crippen molar-refractivity contribution in [2.75, 3.05) is 6.54 Å². The van der Waals surface area contributed by atoms with Crippen LogP contribution in [-0.4, -0.2) is 23.8 Å². The first-order chi connectivity index (χ1) is 7.34. The summed E-state index contributed by atoms with van der Waals surface area (Å²) in [6.45, 7) is 3.34. The Morgan fingerprint density at radius 3 is 2.60 bits per heavy atom. The zero-order chi connectivity index (χ0) is 10.9. The van der Waals surface area contributed by atoms with E-state index in [1.807, 2.05) is 0 Å². The van der Waals surface area contributed by atoms with Gasteiger partial charge in [0, 0.05) is 6.04 Å². The van der Waals surface area contributed by atoms with E-state index in [-0.39, 0.29) is 6.10 Å². The number of unbranched alkanes of at least 4 members (excludes halogenated alkanes) is 5. The van der Waals surface area contributed by atoms with Crippen LogP contribution in [0.3, 0.4) is 0 Å². The second-order valence-corrected chi connectivity index (χ2v) is 4.83. The molecule has 90 valence electrons. The Kier molecular flexibility index (Phi) is 7.03. The van der Waals surface area contributed by atoms with Crippen LogP contribution in [0.15, 0.2) is 0 Å². The summed E-state index contributed by atoms with van der Waals surface area (Å²) in [7, 11) is 0. The van der Waals surface area contributed by atoms with Gasteiger partial charge in [0.1, 0.15) is 0 Å². The highest BCUT2D eigenvalue weighted by molar-refractivity contribution is 4.80. The average Bonchev–Trinajstić information content (AvgIpc) is 2.76. The van der Waals surface area contributed by atoms with Crippen molar-refractivity contribution in [1.29, 1.82) is 0 Å². The minimum absolute atomic E-state index is 0.0984. The molecular weight excluding hydrogens is 186 g/mol. The summed E-state index contributed by atoms with van der Waals surface area (Å²) in [4.78, 5) is 0. The van der Waals surface area contributed by atoms with E-state index in [0.29, 0.717) is 6.04 Å². The van der Waals surface area contributed by atoms with Crippen molar-refractivity contribution in [2.24, 2.45) is 0 Å². The van der Waals surface area contributed by atoms with Crippen molar-refractivity contribution in [2.45, 2.75) is 76.9 Å². The van der Waals surface area contributed by atoms with Gasteiger partial charge in [-0.2, -0.15) is 0 Å². The van der Waals surface area contributed by atoms with E-state index >= 15 is 0 Å². The lowest BCUT2D eigenvalue weighted by Gasteiger charge is -2.17. The van der Waals surface area contributed by atoms with E-state index in [4.69, 9.17) is 0 Å². The second kappa shape index (κ2) is 8.12. The highest BCUT2D eigenvalue weighted by atomic mass is 16.3. The molecular formula is C13H27NO. The maximum absolute atomic E-state index is 9.89. The minimum Gasteiger partial charge on any atom is -0.392 e. The second-order valence-electron chi connectivity index (χ2n) is 4.83. The Morgan fingerprint density at radius 2 is 1.93 bits per heavy atom. The molecule has 0 aromatic rings. The number of aliphatic hydroxyl groups excluding tert-OH is 1. The molecule has 0 aliphatic carbocycles. The Labute approximate surface area is 94.5 Å². The fourth-order valence-corrected chi connectivity index (χ4v) is 2.37.